The first-order valence-electron chi connectivity index (χ1n) is 34.1. The Kier molecular flexibility index (Phi) is 32.3. The highest BCUT2D eigenvalue weighted by Crippen LogP contribution is 2.23. The van der Waals surface area contributed by atoms with Gasteiger partial charge in [0.2, 0.25) is 76.8 Å². The molecule has 34 nitrogen and oxygen atoms in total. The van der Waals surface area contributed by atoms with E-state index >= 15 is 4.79 Å². The van der Waals surface area contributed by atoms with Gasteiger partial charge in [-0.1, -0.05) is 72.8 Å². The van der Waals surface area contributed by atoms with Crippen LogP contribution in [0, 0.1) is 0 Å². The SMILES string of the molecule is CSCC[C@H](NC(=O)[C@@H](NC(C)=O)[C@@H](C)O)C(=O)NCC(=O)N[C@@H](Cc1ccccc1)C(=O)N[C@H](C(=O)N[C@@H](C)C(=O)N1CCC[C@H]1C(=O)N[C@@H](CCCN=C(N)N)C(=O)N[C@@H](Cc1ccccc1)C(=O)N1CCC[C@H]1C(=O)N[C@@H](Cc1cnc[nH]1)C(=O)N[C@@H](Cc1ccc(O)cc1)C(N)=O)[C@@H](C)O. The van der Waals surface area contributed by atoms with Crippen molar-refractivity contribution in [1.29, 1.82) is 0 Å². The minimum absolute atomic E-state index is 0.0151. The summed E-state index contributed by atoms with van der Waals surface area (Å²) in [5.41, 5.74) is 19.1. The first-order chi connectivity index (χ1) is 49.5. The summed E-state index contributed by atoms with van der Waals surface area (Å²) in [4.78, 5) is 194. The molecule has 13 atom stereocenters. The summed E-state index contributed by atoms with van der Waals surface area (Å²) in [6, 6.07) is 8.17. The van der Waals surface area contributed by atoms with Crippen LogP contribution in [-0.2, 0) is 88.0 Å². The number of benzene rings is 3. The molecule has 2 saturated heterocycles. The number of thioether (sulfide) groups is 1. The molecule has 2 aliphatic heterocycles. The summed E-state index contributed by atoms with van der Waals surface area (Å²) in [5.74, 6) is -10.4. The highest BCUT2D eigenvalue weighted by Gasteiger charge is 2.43. The van der Waals surface area contributed by atoms with Crippen LogP contribution in [-0.4, -0.2) is 235 Å². The second-order valence-corrected chi connectivity index (χ2v) is 26.5. The van der Waals surface area contributed by atoms with Crippen molar-refractivity contribution >= 4 is 94.5 Å². The first kappa shape index (κ1) is 82.3. The van der Waals surface area contributed by atoms with E-state index in [1.807, 2.05) is 0 Å². The number of aliphatic hydroxyl groups is 2. The van der Waals surface area contributed by atoms with E-state index in [9.17, 15) is 72.9 Å². The molecule has 0 bridgehead atoms. The molecule has 13 amide bonds. The van der Waals surface area contributed by atoms with E-state index in [0.717, 1.165) is 6.92 Å². The maximum Gasteiger partial charge on any atom is 0.246 e. The third kappa shape index (κ3) is 25.7. The minimum atomic E-state index is -1.74. The number of rotatable bonds is 39. The number of aromatic nitrogens is 2. The van der Waals surface area contributed by atoms with Crippen molar-refractivity contribution in [3.8, 4) is 5.75 Å². The van der Waals surface area contributed by atoms with Gasteiger partial charge in [-0.15, -0.1) is 0 Å². The monoisotopic (exact) mass is 1460 g/mol. The van der Waals surface area contributed by atoms with Gasteiger partial charge in [-0.2, -0.15) is 11.8 Å². The van der Waals surface area contributed by atoms with E-state index in [1.165, 1.54) is 67.0 Å². The van der Waals surface area contributed by atoms with Crippen LogP contribution < -0.4 is 70.4 Å². The van der Waals surface area contributed by atoms with Gasteiger partial charge in [-0.25, -0.2) is 4.98 Å². The van der Waals surface area contributed by atoms with Crippen molar-refractivity contribution in [2.24, 2.45) is 22.2 Å². The molecule has 2 fully saturated rings. The Balaban J connectivity index is 1.14. The lowest BCUT2D eigenvalue weighted by molar-refractivity contribution is -0.143. The van der Waals surface area contributed by atoms with Crippen LogP contribution in [0.25, 0.3) is 0 Å². The van der Waals surface area contributed by atoms with Crippen molar-refractivity contribution in [3.05, 3.63) is 120 Å². The normalized spacial score (nSPS) is 17.2. The molecule has 35 heteroatoms. The number of aromatic amines is 1. The second kappa shape index (κ2) is 40.8. The number of hydrogen-bond acceptors (Lipinski definition) is 19. The van der Waals surface area contributed by atoms with Crippen LogP contribution in [0.2, 0.25) is 0 Å². The number of carbonyl (C=O) groups is 13. The smallest absolute Gasteiger partial charge is 0.246 e. The van der Waals surface area contributed by atoms with Crippen molar-refractivity contribution in [2.75, 3.05) is 38.2 Å². The molecule has 104 heavy (non-hydrogen) atoms. The number of imidazole rings is 1. The lowest BCUT2D eigenvalue weighted by Crippen LogP contribution is -2.61. The number of nitrogens with two attached hydrogens (primary N) is 3. The minimum Gasteiger partial charge on any atom is -0.508 e. The Hall–Kier alpha value is -10.7. The number of amides is 13. The third-order valence-corrected chi connectivity index (χ3v) is 18.0. The lowest BCUT2D eigenvalue weighted by atomic mass is 10.0. The number of carbonyl (C=O) groups excluding carboxylic acids is 13. The average molecular weight is 1470 g/mol. The fraction of sp³-hybridized carbons (Fsp3) is 0.493. The molecule has 0 spiro atoms. The molecular weight excluding hydrogens is 1370 g/mol. The van der Waals surface area contributed by atoms with E-state index in [1.54, 1.807) is 79.1 Å². The standard InChI is InChI=1S/C69H96N18O16S/c1-38(77-65(100)57(40(3)89)85-62(97)50(32-42-15-8-6-9-16-42)79-55(92)36-75-59(94)48(26-30-104-5)81-66(101)56(39(2)88)78-41(4)90)67(102)86-28-13-20-53(86)63(98)80-47(19-12-27-74-69(71)72)60(95)84-52(33-43-17-10-7-11-18-43)68(103)87-29-14-21-54(87)64(99)83-51(34-45-35-73-37-76-45)61(96)82-49(58(70)93)31-44-22-24-46(91)25-23-44/h6-11,15-18,22-25,35,37-40,47-54,56-57,88-89,91H,12-14,19-21,26-34,36H2,1-5H3,(H2,70,93)(H,73,76)(H,75,94)(H,77,100)(H,78,90)(H,79,92)(H,80,98)(H,81,101)(H,82,96)(H,83,99)(H,84,95)(H,85,97)(H4,71,72,74)/t38-,39+,40+,47-,48-,49-,50-,51-,52-,53-,54-,56-,57-/m0/s1. The number of aliphatic hydroxyl groups excluding tert-OH is 2. The zero-order valence-corrected chi connectivity index (χ0v) is 59.5. The summed E-state index contributed by atoms with van der Waals surface area (Å²) in [6.07, 6.45) is 2.28. The molecule has 6 rings (SSSR count). The van der Waals surface area contributed by atoms with E-state index in [-0.39, 0.29) is 89.1 Å². The van der Waals surface area contributed by atoms with Crippen LogP contribution >= 0.6 is 11.8 Å². The lowest BCUT2D eigenvalue weighted by Gasteiger charge is -2.32. The summed E-state index contributed by atoms with van der Waals surface area (Å²) in [7, 11) is 0. The van der Waals surface area contributed by atoms with Crippen molar-refractivity contribution in [1.82, 2.24) is 72.9 Å². The number of phenolic OH excluding ortho intramolecular Hbond substituents is 1. The van der Waals surface area contributed by atoms with Gasteiger partial charge in [-0.3, -0.25) is 67.3 Å². The zero-order chi connectivity index (χ0) is 76.2. The van der Waals surface area contributed by atoms with Gasteiger partial charge < -0.3 is 100 Å². The fourth-order valence-electron chi connectivity index (χ4n) is 11.9. The maximum absolute atomic E-state index is 15.0. The van der Waals surface area contributed by atoms with Crippen molar-refractivity contribution in [2.45, 2.75) is 177 Å². The highest BCUT2D eigenvalue weighted by atomic mass is 32.2. The molecule has 564 valence electrons. The van der Waals surface area contributed by atoms with Gasteiger partial charge in [0.15, 0.2) is 5.96 Å². The topological polar surface area (TPSA) is 528 Å². The van der Waals surface area contributed by atoms with Gasteiger partial charge >= 0.3 is 0 Å². The molecule has 0 unspecified atom stereocenters. The van der Waals surface area contributed by atoms with E-state index in [2.05, 4.69) is 68.1 Å². The Morgan fingerprint density at radius 2 is 1.06 bits per heavy atom. The predicted octanol–water partition coefficient (Wildman–Crippen LogP) is -4.06. The number of aromatic hydroxyl groups is 1. The Morgan fingerprint density at radius 1 is 0.567 bits per heavy atom. The largest absolute Gasteiger partial charge is 0.508 e. The molecule has 0 saturated carbocycles. The fourth-order valence-corrected chi connectivity index (χ4v) is 12.4. The zero-order valence-electron chi connectivity index (χ0n) is 58.6. The molecule has 4 aromatic rings. The number of primary amides is 1. The Bertz CT molecular complexity index is 3630. The number of phenols is 1. The molecule has 0 radical (unpaired) electrons. The summed E-state index contributed by atoms with van der Waals surface area (Å²) in [6.45, 7) is 4.36. The number of nitrogens with one attached hydrogen (secondary N) is 11. The summed E-state index contributed by atoms with van der Waals surface area (Å²) in [5, 5.41) is 56.7. The predicted molar refractivity (Wildman–Crippen MR) is 381 cm³/mol. The van der Waals surface area contributed by atoms with Gasteiger partial charge in [0.1, 0.15) is 72.2 Å². The molecule has 1 aromatic heterocycles. The molecule has 3 aromatic carbocycles. The quantitative estimate of drug-likeness (QED) is 0.0115. The van der Waals surface area contributed by atoms with E-state index < -0.39 is 162 Å². The highest BCUT2D eigenvalue weighted by molar-refractivity contribution is 7.98. The molecule has 3 heterocycles. The van der Waals surface area contributed by atoms with Crippen LogP contribution in [0.4, 0.5) is 0 Å². The number of guanidine groups is 1. The van der Waals surface area contributed by atoms with Gasteiger partial charge in [-0.05, 0) is 107 Å². The van der Waals surface area contributed by atoms with Crippen molar-refractivity contribution in [3.63, 3.8) is 0 Å². The summed E-state index contributed by atoms with van der Waals surface area (Å²) >= 11 is 1.37. The molecule has 20 N–H and O–H groups in total. The number of hydrogen-bond donors (Lipinski definition) is 17. The van der Waals surface area contributed by atoms with Gasteiger partial charge in [0.25, 0.3) is 0 Å². The third-order valence-electron chi connectivity index (χ3n) is 17.3. The van der Waals surface area contributed by atoms with Crippen molar-refractivity contribution < 1.29 is 77.6 Å². The molecular formula is C69H96N18O16S. The maximum atomic E-state index is 15.0. The summed E-state index contributed by atoms with van der Waals surface area (Å²) < 4.78 is 0. The molecule has 0 aliphatic carbocycles. The van der Waals surface area contributed by atoms with E-state index in [0.29, 0.717) is 41.0 Å². The number of nitrogens with zero attached hydrogens (tertiary/aromatic N) is 4. The molecule has 2 aliphatic rings. The number of likely N-dealkylation sites (tertiary alicyclic amines) is 2. The Labute approximate surface area is 605 Å². The van der Waals surface area contributed by atoms with Crippen LogP contribution in [0.1, 0.15) is 95.0 Å². The van der Waals surface area contributed by atoms with Crippen LogP contribution in [0.5, 0.6) is 5.75 Å². The second-order valence-electron chi connectivity index (χ2n) is 25.6. The van der Waals surface area contributed by atoms with Crippen LogP contribution in [0.3, 0.4) is 0 Å². The Morgan fingerprint density at radius 3 is 1.61 bits per heavy atom. The van der Waals surface area contributed by atoms with E-state index in [4.69, 9.17) is 17.2 Å². The number of H-pyrrole nitrogens is 1. The number of aliphatic imine (C=N–C) groups is 1. The first-order valence-corrected chi connectivity index (χ1v) is 35.5. The van der Waals surface area contributed by atoms with Gasteiger partial charge in [0, 0.05) is 64.1 Å². The average Bonchev–Trinajstić information content (AvgIpc) is 1.66. The van der Waals surface area contributed by atoms with Crippen LogP contribution in [0.15, 0.2) is 102 Å². The van der Waals surface area contributed by atoms with Gasteiger partial charge in [0.05, 0.1) is 25.1 Å².